The molecule has 3 atom stereocenters. The predicted molar refractivity (Wildman–Crippen MR) is 217 cm³/mol. The number of nitrogens with one attached hydrogen (secondary N) is 1. The molecule has 0 saturated carbocycles. The molecule has 5 aromatic carbocycles. The number of amides is 3. The first-order valence-electron chi connectivity index (χ1n) is 20.1. The summed E-state index contributed by atoms with van der Waals surface area (Å²) >= 11 is 0. The highest BCUT2D eigenvalue weighted by molar-refractivity contribution is 6.05. The minimum Gasteiger partial charge on any atom is -0.508 e. The number of imide groups is 1. The first-order valence-corrected chi connectivity index (χ1v) is 20.1. The van der Waals surface area contributed by atoms with Crippen LogP contribution in [0.5, 0.6) is 11.5 Å². The zero-order valence-electron chi connectivity index (χ0n) is 31.5. The molecule has 0 spiro atoms. The van der Waals surface area contributed by atoms with Crippen molar-refractivity contribution < 1.29 is 24.2 Å². The minimum atomic E-state index is -0.612. The highest BCUT2D eigenvalue weighted by atomic mass is 16.5. The van der Waals surface area contributed by atoms with Crippen LogP contribution in [0, 0.1) is 0 Å². The van der Waals surface area contributed by atoms with E-state index in [0.717, 1.165) is 67.4 Å². The van der Waals surface area contributed by atoms with Crippen molar-refractivity contribution in [2.45, 2.75) is 82.2 Å². The van der Waals surface area contributed by atoms with E-state index in [2.05, 4.69) is 96.3 Å². The van der Waals surface area contributed by atoms with Crippen LogP contribution in [0.4, 0.5) is 0 Å². The number of ether oxygens (including phenoxy) is 1. The third-order valence-electron chi connectivity index (χ3n) is 12.3. The van der Waals surface area contributed by atoms with Gasteiger partial charge in [0, 0.05) is 24.4 Å². The first-order chi connectivity index (χ1) is 27.4. The Kier molecular flexibility index (Phi) is 9.76. The van der Waals surface area contributed by atoms with E-state index in [4.69, 9.17) is 4.74 Å². The Morgan fingerprint density at radius 3 is 2.38 bits per heavy atom. The molecule has 5 aromatic rings. The lowest BCUT2D eigenvalue weighted by Gasteiger charge is -2.34. The van der Waals surface area contributed by atoms with Gasteiger partial charge >= 0.3 is 0 Å². The van der Waals surface area contributed by atoms with Crippen LogP contribution in [0.25, 0.3) is 16.7 Å². The number of allylic oxidation sites excluding steroid dienone is 2. The number of aromatic hydroxyl groups is 1. The number of aryl methyl sites for hydroxylation is 1. The van der Waals surface area contributed by atoms with E-state index in [9.17, 15) is 19.5 Å². The topological polar surface area (TPSA) is 95.9 Å². The lowest BCUT2D eigenvalue weighted by molar-refractivity contribution is -0.136. The SMILES string of the molecule is O=C1CC[C@H](N2Cc3cc(-c4ccc5c(c4)C(CCCCCOc4ccc([C@@H]6c7ccc(O)cc7CC[C@@H]6c6ccccc6)cc4)=CC5)ccc3C2=O)C(=O)N1. The van der Waals surface area contributed by atoms with Crippen molar-refractivity contribution in [3.63, 3.8) is 0 Å². The van der Waals surface area contributed by atoms with E-state index in [1.807, 2.05) is 24.3 Å². The number of hydrogen-bond donors (Lipinski definition) is 2. The lowest BCUT2D eigenvalue weighted by atomic mass is 9.69. The third-order valence-corrected chi connectivity index (χ3v) is 12.3. The summed E-state index contributed by atoms with van der Waals surface area (Å²) < 4.78 is 6.22. The molecule has 0 aromatic heterocycles. The van der Waals surface area contributed by atoms with Crippen molar-refractivity contribution in [1.29, 1.82) is 0 Å². The fourth-order valence-electron chi connectivity index (χ4n) is 9.40. The summed E-state index contributed by atoms with van der Waals surface area (Å²) in [7, 11) is 0. The second-order valence-electron chi connectivity index (χ2n) is 15.7. The molecule has 2 N–H and O–H groups in total. The number of piperidine rings is 1. The van der Waals surface area contributed by atoms with Gasteiger partial charge in [0.2, 0.25) is 11.8 Å². The molecule has 0 unspecified atom stereocenters. The maximum absolute atomic E-state index is 13.2. The quantitative estimate of drug-likeness (QED) is 0.104. The zero-order valence-corrected chi connectivity index (χ0v) is 31.5. The van der Waals surface area contributed by atoms with E-state index in [0.29, 0.717) is 36.8 Å². The van der Waals surface area contributed by atoms with Crippen molar-refractivity contribution in [3.8, 4) is 22.6 Å². The van der Waals surface area contributed by atoms with Gasteiger partial charge in [-0.3, -0.25) is 19.7 Å². The second-order valence-corrected chi connectivity index (χ2v) is 15.7. The summed E-state index contributed by atoms with van der Waals surface area (Å²) in [5.74, 6) is 1.01. The minimum absolute atomic E-state index is 0.148. The summed E-state index contributed by atoms with van der Waals surface area (Å²) in [6, 6.07) is 37.3. The summed E-state index contributed by atoms with van der Waals surface area (Å²) in [5.41, 5.74) is 12.9. The van der Waals surface area contributed by atoms with Crippen LogP contribution in [-0.2, 0) is 29.0 Å². The van der Waals surface area contributed by atoms with Gasteiger partial charge in [0.1, 0.15) is 17.5 Å². The van der Waals surface area contributed by atoms with E-state index >= 15 is 0 Å². The molecule has 9 rings (SSSR count). The van der Waals surface area contributed by atoms with Crippen LogP contribution in [0.1, 0.15) is 106 Å². The number of benzene rings is 5. The number of hydrogen-bond acceptors (Lipinski definition) is 5. The number of fused-ring (bicyclic) bond motifs is 3. The van der Waals surface area contributed by atoms with Crippen molar-refractivity contribution in [2.75, 3.05) is 6.61 Å². The van der Waals surface area contributed by atoms with Gasteiger partial charge in [-0.25, -0.2) is 0 Å². The molecular formula is C49H46N2O5. The van der Waals surface area contributed by atoms with E-state index in [-0.39, 0.29) is 30.1 Å². The average molecular weight is 743 g/mol. The largest absolute Gasteiger partial charge is 0.508 e. The maximum Gasteiger partial charge on any atom is 0.255 e. The van der Waals surface area contributed by atoms with Crippen molar-refractivity contribution in [1.82, 2.24) is 10.2 Å². The average Bonchev–Trinajstić information content (AvgIpc) is 3.78. The fraction of sp³-hybridized carbons (Fsp3) is 0.286. The van der Waals surface area contributed by atoms with Gasteiger partial charge in [0.15, 0.2) is 0 Å². The lowest BCUT2D eigenvalue weighted by Crippen LogP contribution is -2.52. The fourth-order valence-corrected chi connectivity index (χ4v) is 9.40. The normalized spacial score (nSPS) is 19.9. The van der Waals surface area contributed by atoms with Crippen molar-refractivity contribution in [2.24, 2.45) is 0 Å². The molecule has 1 fully saturated rings. The van der Waals surface area contributed by atoms with E-state index in [1.54, 1.807) is 4.90 Å². The van der Waals surface area contributed by atoms with Crippen LogP contribution in [0.15, 0.2) is 115 Å². The molecular weight excluding hydrogens is 697 g/mol. The number of unbranched alkanes of at least 4 members (excludes halogenated alkanes) is 2. The van der Waals surface area contributed by atoms with Crippen molar-refractivity contribution >= 4 is 23.3 Å². The smallest absolute Gasteiger partial charge is 0.255 e. The molecule has 0 radical (unpaired) electrons. The molecule has 2 aliphatic heterocycles. The van der Waals surface area contributed by atoms with Gasteiger partial charge in [0.25, 0.3) is 5.91 Å². The Labute approximate surface area is 328 Å². The summed E-state index contributed by atoms with van der Waals surface area (Å²) in [5, 5.41) is 12.6. The molecule has 282 valence electrons. The van der Waals surface area contributed by atoms with Crippen LogP contribution in [0.3, 0.4) is 0 Å². The molecule has 3 amide bonds. The second kappa shape index (κ2) is 15.3. The Morgan fingerprint density at radius 2 is 1.54 bits per heavy atom. The Hall–Kier alpha value is -5.95. The van der Waals surface area contributed by atoms with Crippen molar-refractivity contribution in [3.05, 3.63) is 160 Å². The molecule has 2 heterocycles. The molecule has 56 heavy (non-hydrogen) atoms. The molecule has 2 aliphatic carbocycles. The van der Waals surface area contributed by atoms with Gasteiger partial charge < -0.3 is 14.7 Å². The number of carbonyl (C=O) groups excluding carboxylic acids is 3. The summed E-state index contributed by atoms with van der Waals surface area (Å²) in [6.07, 6.45) is 10.1. The number of carbonyl (C=O) groups is 3. The highest BCUT2D eigenvalue weighted by Crippen LogP contribution is 2.47. The monoisotopic (exact) mass is 742 g/mol. The van der Waals surface area contributed by atoms with Crippen LogP contribution >= 0.6 is 0 Å². The Morgan fingerprint density at radius 1 is 0.714 bits per heavy atom. The van der Waals surface area contributed by atoms with E-state index in [1.165, 1.54) is 39.0 Å². The first kappa shape index (κ1) is 35.7. The van der Waals surface area contributed by atoms with Gasteiger partial charge in [-0.2, -0.15) is 0 Å². The highest BCUT2D eigenvalue weighted by Gasteiger charge is 2.39. The molecule has 0 bridgehead atoms. The summed E-state index contributed by atoms with van der Waals surface area (Å²) in [6.45, 7) is 1.05. The Balaban J connectivity index is 0.785. The van der Waals surface area contributed by atoms with Gasteiger partial charge in [-0.1, -0.05) is 72.8 Å². The zero-order chi connectivity index (χ0) is 38.2. The number of rotatable bonds is 11. The van der Waals surface area contributed by atoms with Gasteiger partial charge in [0.05, 0.1) is 6.61 Å². The molecule has 4 aliphatic rings. The molecule has 7 heteroatoms. The Bertz CT molecular complexity index is 2350. The maximum atomic E-state index is 13.2. The standard InChI is InChI=1S/C49H46N2O5/c52-39-18-23-42-37(28-39)17-21-41(31-7-3-1-4-8-31)47(42)34-14-19-40(20-15-34)56-26-6-2-5-9-32-10-11-33-12-13-36(29-44(32)33)35-16-22-43-38(27-35)30-51(49(43)55)45-24-25-46(53)50-48(45)54/h1,3-4,7-8,10,12-16,18-20,22-23,27-29,41,45,47,52H,2,5-6,9,11,17,21,24-26,30H2,(H,50,53,54)/t41-,45+,47+/m1/s1. The number of nitrogens with zero attached hydrogens (tertiary/aromatic N) is 1. The van der Waals surface area contributed by atoms with Gasteiger partial charge in [-0.15, -0.1) is 0 Å². The third kappa shape index (κ3) is 7.03. The predicted octanol–water partition coefficient (Wildman–Crippen LogP) is 9.26. The van der Waals surface area contributed by atoms with Crippen LogP contribution < -0.4 is 10.1 Å². The number of phenolic OH excluding ortho intramolecular Hbond substituents is 1. The van der Waals surface area contributed by atoms with Gasteiger partial charge in [-0.05, 0) is 155 Å². The van der Waals surface area contributed by atoms with Crippen LogP contribution in [-0.4, -0.2) is 40.4 Å². The van der Waals surface area contributed by atoms with E-state index < -0.39 is 6.04 Å². The molecule has 1 saturated heterocycles. The van der Waals surface area contributed by atoms with Crippen LogP contribution in [0.2, 0.25) is 0 Å². The molecule has 7 nitrogen and oxygen atoms in total. The number of phenols is 1. The summed E-state index contributed by atoms with van der Waals surface area (Å²) in [4.78, 5) is 39.0.